The zero-order valence-electron chi connectivity index (χ0n) is 21.8. The molecule has 4 aromatic rings. The van der Waals surface area contributed by atoms with Crippen LogP contribution in [0.15, 0.2) is 119 Å². The van der Waals surface area contributed by atoms with Crippen LogP contribution in [0, 0.1) is 0 Å². The van der Waals surface area contributed by atoms with E-state index in [-0.39, 0.29) is 0 Å². The molecule has 41 heavy (non-hydrogen) atoms. The van der Waals surface area contributed by atoms with Gasteiger partial charge in [-0.15, -0.1) is 0 Å². The number of nitrogens with zero attached hydrogens (tertiary/aromatic N) is 4. The molecule has 0 aliphatic carbocycles. The Hall–Kier alpha value is -2.90. The summed E-state index contributed by atoms with van der Waals surface area (Å²) in [5.41, 5.74) is 12.4. The van der Waals surface area contributed by atoms with E-state index in [0.29, 0.717) is 20.1 Å². The molecule has 0 aromatic heterocycles. The van der Waals surface area contributed by atoms with E-state index >= 15 is 0 Å². The van der Waals surface area contributed by atoms with Crippen LogP contribution in [0.5, 0.6) is 11.5 Å². The Bertz CT molecular complexity index is 1360. The van der Waals surface area contributed by atoms with Crippen molar-refractivity contribution < 1.29 is 6.15 Å². The van der Waals surface area contributed by atoms with Gasteiger partial charge in [-0.05, 0) is 0 Å². The van der Waals surface area contributed by atoms with Crippen molar-refractivity contribution in [3.05, 3.63) is 142 Å². The van der Waals surface area contributed by atoms with E-state index in [9.17, 15) is 0 Å². The van der Waals surface area contributed by atoms with Gasteiger partial charge in [0, 0.05) is 0 Å². The Balaban J connectivity index is 1.23. The Morgan fingerprint density at radius 1 is 0.610 bits per heavy atom. The van der Waals surface area contributed by atoms with Gasteiger partial charge in [-0.25, -0.2) is 0 Å². The van der Waals surface area contributed by atoms with Gasteiger partial charge in [-0.2, -0.15) is 0 Å². The molecule has 0 unspecified atom stereocenters. The minimum absolute atomic E-state index is 0.589. The molecule has 0 fully saturated rings. The van der Waals surface area contributed by atoms with E-state index in [1.807, 2.05) is 84.9 Å². The summed E-state index contributed by atoms with van der Waals surface area (Å²) in [6.45, 7) is 0. The second kappa shape index (κ2) is 17.8. The molecule has 0 spiro atoms. The summed E-state index contributed by atoms with van der Waals surface area (Å²) in [5, 5.41) is 8.40. The standard InChI is InChI=1S/2C15H14N2OS2.Sn/c2*18-14-9-5-4-8-13(14)10-16-17-15(19)20-11-12-6-2-1-3-7-12;/h2*1-10H,11H2,(H2,16,17,18,19);/q;;+2/p-2. The second-order valence-corrected chi connectivity index (χ2v) is 13.2. The van der Waals surface area contributed by atoms with Crippen molar-refractivity contribution in [3.8, 4) is 11.5 Å². The Morgan fingerprint density at radius 3 is 1.44 bits per heavy atom. The molecule has 0 amide bonds. The fourth-order valence-corrected chi connectivity index (χ4v) is 6.62. The van der Waals surface area contributed by atoms with Crippen molar-refractivity contribution in [1.82, 2.24) is 0 Å². The van der Waals surface area contributed by atoms with Gasteiger partial charge < -0.3 is 0 Å². The van der Waals surface area contributed by atoms with Gasteiger partial charge in [0.1, 0.15) is 0 Å². The summed E-state index contributed by atoms with van der Waals surface area (Å²) in [7, 11) is 0. The average molecular weight is 722 g/mol. The van der Waals surface area contributed by atoms with E-state index in [2.05, 4.69) is 69.8 Å². The third-order valence-electron chi connectivity index (χ3n) is 5.24. The summed E-state index contributed by atoms with van der Waals surface area (Å²) in [6.07, 6.45) is 3.33. The number of para-hydroxylation sites is 2. The second-order valence-electron chi connectivity index (χ2n) is 8.17. The molecule has 6 nitrogen and oxygen atoms in total. The number of benzene rings is 4. The molecule has 4 aromatic carbocycles. The first-order valence-corrected chi connectivity index (χ1v) is 17.6. The van der Waals surface area contributed by atoms with Gasteiger partial charge in [-0.3, -0.25) is 0 Å². The number of hydrogen-bond acceptors (Lipinski definition) is 6. The number of rotatable bonds is 12. The molecule has 2 radical (unpaired) electrons. The predicted molar refractivity (Wildman–Crippen MR) is 185 cm³/mol. The third-order valence-corrected chi connectivity index (χ3v) is 9.56. The summed E-state index contributed by atoms with van der Waals surface area (Å²) in [6, 6.07) is 35.7. The normalized spacial score (nSPS) is 10.9. The van der Waals surface area contributed by atoms with Crippen LogP contribution >= 0.6 is 23.5 Å². The van der Waals surface area contributed by atoms with Crippen molar-refractivity contribution in [3.63, 3.8) is 0 Å². The van der Waals surface area contributed by atoms with Crippen LogP contribution in [0.3, 0.4) is 0 Å². The van der Waals surface area contributed by atoms with E-state index in [4.69, 9.17) is 6.15 Å². The van der Waals surface area contributed by atoms with Crippen LogP contribution < -0.4 is 6.15 Å². The number of hydrogen-bond donors (Lipinski definition) is 0. The van der Waals surface area contributed by atoms with E-state index < -0.39 is 22.0 Å². The molecule has 11 heteroatoms. The monoisotopic (exact) mass is 722 g/mol. The van der Waals surface area contributed by atoms with Crippen molar-refractivity contribution >= 4 is 91.0 Å². The van der Waals surface area contributed by atoms with E-state index in [1.54, 1.807) is 12.4 Å². The molecule has 0 heterocycles. The van der Waals surface area contributed by atoms with Gasteiger partial charge >= 0.3 is 261 Å². The number of thioether (sulfide) groups is 2. The van der Waals surface area contributed by atoms with Crippen molar-refractivity contribution in [2.45, 2.75) is 11.5 Å². The maximum atomic E-state index is 6.07. The summed E-state index contributed by atoms with van der Waals surface area (Å²) in [4.78, 5) is 0. The van der Waals surface area contributed by atoms with Crippen LogP contribution in [-0.2, 0) is 35.9 Å². The molecular formula is C30H26N4O2S4Sn. The van der Waals surface area contributed by atoms with Crippen LogP contribution in [0.25, 0.3) is 10.9 Å². The van der Waals surface area contributed by atoms with Crippen molar-refractivity contribution in [1.29, 1.82) is 0 Å². The minimum atomic E-state index is -1.73. The van der Waals surface area contributed by atoms with Gasteiger partial charge in [0.05, 0.1) is 0 Å². The molecule has 0 atom stereocenters. The van der Waals surface area contributed by atoms with Gasteiger partial charge in [0.2, 0.25) is 0 Å². The van der Waals surface area contributed by atoms with Crippen LogP contribution in [0.4, 0.5) is 0 Å². The molecular weight excluding hydrogens is 695 g/mol. The molecule has 0 bridgehead atoms. The third kappa shape index (κ3) is 11.5. The summed E-state index contributed by atoms with van der Waals surface area (Å²) in [5.74, 6) is 2.96. The molecule has 4 rings (SSSR count). The maximum absolute atomic E-state index is 6.07. The van der Waals surface area contributed by atoms with E-state index in [1.165, 1.54) is 34.7 Å². The molecule has 0 saturated heterocycles. The van der Waals surface area contributed by atoms with Crippen molar-refractivity contribution in [2.24, 2.45) is 10.2 Å². The van der Waals surface area contributed by atoms with Gasteiger partial charge in [0.15, 0.2) is 0 Å². The molecule has 0 aliphatic heterocycles. The number of thiol groups is 2. The van der Waals surface area contributed by atoms with Crippen LogP contribution in [0.2, 0.25) is 0 Å². The molecule has 206 valence electrons. The Labute approximate surface area is 270 Å². The topological polar surface area (TPSA) is 71.4 Å². The summed E-state index contributed by atoms with van der Waals surface area (Å²) < 4.78 is 13.3. The quantitative estimate of drug-likeness (QED) is 0.0409. The van der Waals surface area contributed by atoms with Crippen molar-refractivity contribution in [2.75, 3.05) is 0 Å². The summed E-state index contributed by atoms with van der Waals surface area (Å²) >= 11 is 10.2. The fraction of sp³-hybridized carbons (Fsp3) is 0.0667. The zero-order chi connectivity index (χ0) is 28.5. The first-order chi connectivity index (χ1) is 20.2. The zero-order valence-corrected chi connectivity index (χ0v) is 28.1. The molecule has 0 N–H and O–H groups in total. The SMILES string of the molecule is [SH+]=C([N-]N=Cc1ccccc1[O][Sn][O]c1ccccc1C=N[N-]C(=[SH+])SCc1ccccc1)SCc1ccccc1. The average Bonchev–Trinajstić information content (AvgIpc) is 3.01. The van der Waals surface area contributed by atoms with Gasteiger partial charge in [-0.1, -0.05) is 12.1 Å². The van der Waals surface area contributed by atoms with Crippen LogP contribution in [-0.4, -0.2) is 43.0 Å². The Kier molecular flexibility index (Phi) is 13.5. The van der Waals surface area contributed by atoms with Gasteiger partial charge in [0.25, 0.3) is 0 Å². The van der Waals surface area contributed by atoms with E-state index in [0.717, 1.165) is 22.6 Å². The predicted octanol–water partition coefficient (Wildman–Crippen LogP) is 6.69. The fourth-order valence-electron chi connectivity index (χ4n) is 3.25. The van der Waals surface area contributed by atoms with Crippen LogP contribution in [0.1, 0.15) is 22.3 Å². The Morgan fingerprint density at radius 2 is 1.00 bits per heavy atom. The molecule has 0 saturated carbocycles. The first-order valence-electron chi connectivity index (χ1n) is 12.4. The molecule has 0 aliphatic rings. The first kappa shape index (κ1) is 31.0.